The summed E-state index contributed by atoms with van der Waals surface area (Å²) in [7, 11) is -1.74. The van der Waals surface area contributed by atoms with Crippen molar-refractivity contribution >= 4 is 10.0 Å². The summed E-state index contributed by atoms with van der Waals surface area (Å²) in [6.07, 6.45) is 4.07. The number of ether oxygens (including phenoxy) is 1. The summed E-state index contributed by atoms with van der Waals surface area (Å²) < 4.78 is 30.0. The molecule has 0 aromatic carbocycles. The zero-order valence-corrected chi connectivity index (χ0v) is 10.5. The van der Waals surface area contributed by atoms with Crippen LogP contribution in [-0.4, -0.2) is 55.5 Å². The molecule has 2 saturated heterocycles. The summed E-state index contributed by atoms with van der Waals surface area (Å²) in [6, 6.07) is -0.371. The number of sulfonamides is 1. The third-order valence-corrected chi connectivity index (χ3v) is 5.13. The molecule has 16 heavy (non-hydrogen) atoms. The van der Waals surface area contributed by atoms with Crippen molar-refractivity contribution in [2.75, 3.05) is 20.0 Å². The molecule has 2 heterocycles. The van der Waals surface area contributed by atoms with Gasteiger partial charge in [-0.15, -0.1) is 0 Å². The topological polar surface area (TPSA) is 66.8 Å². The Kier molecular flexibility index (Phi) is 3.03. The first kappa shape index (κ1) is 12.3. The Labute approximate surface area is 96.4 Å². The van der Waals surface area contributed by atoms with Crippen molar-refractivity contribution in [3.05, 3.63) is 0 Å². The minimum atomic E-state index is -3.27. The molecule has 2 aliphatic heterocycles. The zero-order valence-electron chi connectivity index (χ0n) is 9.72. The lowest BCUT2D eigenvalue weighted by molar-refractivity contribution is -0.129. The Morgan fingerprint density at radius 3 is 2.44 bits per heavy atom. The molecule has 3 fully saturated rings. The second kappa shape index (κ2) is 3.94. The fourth-order valence-corrected chi connectivity index (χ4v) is 4.54. The standard InChI is InChI=1S/C10H19NO4S/c1-15-7-9-10(12)5-3-8(4-6-10)11(9)16(2,13)14/h8-9,12H,3-7H2,1-2H3/t8?,9-,10?/m1/s1. The highest BCUT2D eigenvalue weighted by Gasteiger charge is 2.54. The van der Waals surface area contributed by atoms with Crippen LogP contribution in [0.25, 0.3) is 0 Å². The van der Waals surface area contributed by atoms with Crippen LogP contribution in [0, 0.1) is 0 Å². The number of methoxy groups -OCH3 is 1. The minimum absolute atomic E-state index is 0.0455. The minimum Gasteiger partial charge on any atom is -0.388 e. The molecule has 0 radical (unpaired) electrons. The predicted molar refractivity (Wildman–Crippen MR) is 59.6 cm³/mol. The first-order chi connectivity index (χ1) is 7.38. The molecule has 6 heteroatoms. The molecule has 0 spiro atoms. The van der Waals surface area contributed by atoms with E-state index in [1.807, 2.05) is 0 Å². The number of rotatable bonds is 3. The number of hydrogen-bond donors (Lipinski definition) is 1. The van der Waals surface area contributed by atoms with E-state index >= 15 is 0 Å². The van der Waals surface area contributed by atoms with E-state index in [1.54, 1.807) is 0 Å². The molecule has 3 rings (SSSR count). The quantitative estimate of drug-likeness (QED) is 0.761. The Balaban J connectivity index is 2.34. The molecule has 2 bridgehead atoms. The molecule has 1 aliphatic carbocycles. The first-order valence-corrected chi connectivity index (χ1v) is 7.43. The lowest BCUT2D eigenvalue weighted by atomic mass is 9.72. The molecule has 94 valence electrons. The van der Waals surface area contributed by atoms with Crippen molar-refractivity contribution in [1.29, 1.82) is 0 Å². The summed E-state index contributed by atoms with van der Waals surface area (Å²) >= 11 is 0. The maximum atomic E-state index is 11.8. The van der Waals surface area contributed by atoms with Gasteiger partial charge in [0.15, 0.2) is 0 Å². The van der Waals surface area contributed by atoms with Gasteiger partial charge in [-0.1, -0.05) is 0 Å². The third-order valence-electron chi connectivity index (χ3n) is 3.82. The molecule has 0 amide bonds. The van der Waals surface area contributed by atoms with Crippen molar-refractivity contribution < 1.29 is 18.3 Å². The van der Waals surface area contributed by atoms with Gasteiger partial charge in [-0.05, 0) is 25.7 Å². The van der Waals surface area contributed by atoms with Gasteiger partial charge in [0, 0.05) is 13.2 Å². The van der Waals surface area contributed by atoms with Crippen LogP contribution >= 0.6 is 0 Å². The van der Waals surface area contributed by atoms with E-state index < -0.39 is 21.7 Å². The Morgan fingerprint density at radius 2 is 2.00 bits per heavy atom. The van der Waals surface area contributed by atoms with Crippen LogP contribution in [0.2, 0.25) is 0 Å². The van der Waals surface area contributed by atoms with Gasteiger partial charge in [-0.3, -0.25) is 0 Å². The van der Waals surface area contributed by atoms with Crippen LogP contribution in [0.5, 0.6) is 0 Å². The summed E-state index contributed by atoms with van der Waals surface area (Å²) in [5, 5.41) is 10.5. The second-order valence-electron chi connectivity index (χ2n) is 4.90. The van der Waals surface area contributed by atoms with E-state index in [0.29, 0.717) is 12.8 Å². The molecular weight excluding hydrogens is 230 g/mol. The summed E-state index contributed by atoms with van der Waals surface area (Å²) in [6.45, 7) is 0.264. The third kappa shape index (κ3) is 1.88. The molecule has 5 nitrogen and oxygen atoms in total. The van der Waals surface area contributed by atoms with Gasteiger partial charge in [0.05, 0.1) is 24.5 Å². The smallest absolute Gasteiger partial charge is 0.211 e. The van der Waals surface area contributed by atoms with Crippen molar-refractivity contribution in [2.24, 2.45) is 0 Å². The van der Waals surface area contributed by atoms with Crippen molar-refractivity contribution in [3.63, 3.8) is 0 Å². The van der Waals surface area contributed by atoms with E-state index in [9.17, 15) is 13.5 Å². The average molecular weight is 249 g/mol. The Morgan fingerprint density at radius 1 is 1.44 bits per heavy atom. The van der Waals surface area contributed by atoms with Gasteiger partial charge < -0.3 is 9.84 Å². The Bertz CT molecular complexity index is 359. The van der Waals surface area contributed by atoms with Crippen LogP contribution < -0.4 is 0 Å². The fraction of sp³-hybridized carbons (Fsp3) is 1.00. The number of fused-ring (bicyclic) bond motifs is 3. The highest BCUT2D eigenvalue weighted by molar-refractivity contribution is 7.88. The van der Waals surface area contributed by atoms with E-state index in [0.717, 1.165) is 12.8 Å². The van der Waals surface area contributed by atoms with Gasteiger partial charge in [-0.2, -0.15) is 4.31 Å². The van der Waals surface area contributed by atoms with Crippen molar-refractivity contribution in [3.8, 4) is 0 Å². The average Bonchev–Trinajstić information content (AvgIpc) is 2.18. The van der Waals surface area contributed by atoms with Gasteiger partial charge in [0.1, 0.15) is 0 Å². The van der Waals surface area contributed by atoms with Gasteiger partial charge in [-0.25, -0.2) is 8.42 Å². The molecule has 1 atom stereocenters. The summed E-state index contributed by atoms with van der Waals surface area (Å²) in [4.78, 5) is 0. The maximum absolute atomic E-state index is 11.8. The molecular formula is C10H19NO4S. The number of piperidine rings is 2. The normalized spacial score (nSPS) is 40.2. The largest absolute Gasteiger partial charge is 0.388 e. The van der Waals surface area contributed by atoms with Crippen LogP contribution in [0.3, 0.4) is 0 Å². The van der Waals surface area contributed by atoms with Gasteiger partial charge in [0.2, 0.25) is 10.0 Å². The number of hydrogen-bond acceptors (Lipinski definition) is 4. The highest BCUT2D eigenvalue weighted by atomic mass is 32.2. The zero-order chi connectivity index (χ0) is 12.0. The van der Waals surface area contributed by atoms with Gasteiger partial charge in [0.25, 0.3) is 0 Å². The molecule has 3 aliphatic rings. The fourth-order valence-electron chi connectivity index (χ4n) is 3.07. The highest BCUT2D eigenvalue weighted by Crippen LogP contribution is 2.43. The van der Waals surface area contributed by atoms with E-state index in [4.69, 9.17) is 4.74 Å². The summed E-state index contributed by atoms with van der Waals surface area (Å²) in [5.74, 6) is 0. The molecule has 1 N–H and O–H groups in total. The molecule has 0 unspecified atom stereocenters. The predicted octanol–water partition coefficient (Wildman–Crippen LogP) is -0.0497. The van der Waals surface area contributed by atoms with Crippen LogP contribution in [0.1, 0.15) is 25.7 Å². The summed E-state index contributed by atoms with van der Waals surface area (Å²) in [5.41, 5.74) is -0.895. The van der Waals surface area contributed by atoms with Gasteiger partial charge >= 0.3 is 0 Å². The monoisotopic (exact) mass is 249 g/mol. The lowest BCUT2D eigenvalue weighted by Gasteiger charge is -2.54. The van der Waals surface area contributed by atoms with Crippen LogP contribution in [-0.2, 0) is 14.8 Å². The number of nitrogens with zero attached hydrogens (tertiary/aromatic N) is 1. The first-order valence-electron chi connectivity index (χ1n) is 5.58. The molecule has 0 aromatic heterocycles. The van der Waals surface area contributed by atoms with Crippen molar-refractivity contribution in [2.45, 2.75) is 43.4 Å². The Hall–Kier alpha value is -0.170. The molecule has 1 saturated carbocycles. The maximum Gasteiger partial charge on any atom is 0.211 e. The molecule has 0 aromatic rings. The van der Waals surface area contributed by atoms with E-state index in [-0.39, 0.29) is 12.6 Å². The second-order valence-corrected chi connectivity index (χ2v) is 6.79. The lowest BCUT2D eigenvalue weighted by Crippen LogP contribution is -2.67. The van der Waals surface area contributed by atoms with Crippen LogP contribution in [0.15, 0.2) is 0 Å². The van der Waals surface area contributed by atoms with Crippen molar-refractivity contribution in [1.82, 2.24) is 4.31 Å². The number of aliphatic hydroxyl groups is 1. The SMILES string of the molecule is COC[C@H]1N(S(C)(=O)=O)C2CCC1(O)CC2. The van der Waals surface area contributed by atoms with E-state index in [1.165, 1.54) is 17.7 Å². The van der Waals surface area contributed by atoms with Crippen LogP contribution in [0.4, 0.5) is 0 Å². The van der Waals surface area contributed by atoms with E-state index in [2.05, 4.69) is 0 Å².